The van der Waals surface area contributed by atoms with Crippen LogP contribution >= 0.6 is 0 Å². The summed E-state index contributed by atoms with van der Waals surface area (Å²) in [5.41, 5.74) is 0. The molecule has 4 unspecified atom stereocenters. The molecule has 2 aliphatic rings. The third kappa shape index (κ3) is 7.96. The third-order valence-corrected chi connectivity index (χ3v) is 5.01. The van der Waals surface area contributed by atoms with E-state index in [1.165, 1.54) is 12.8 Å². The van der Waals surface area contributed by atoms with Gasteiger partial charge in [-0.25, -0.2) is 0 Å². The van der Waals surface area contributed by atoms with Crippen molar-refractivity contribution in [3.8, 4) is 0 Å². The third-order valence-electron chi connectivity index (χ3n) is 5.01. The van der Waals surface area contributed by atoms with E-state index in [1.807, 2.05) is 0 Å². The quantitative estimate of drug-likeness (QED) is 0.467. The Kier molecular flexibility index (Phi) is 23.5. The summed E-state index contributed by atoms with van der Waals surface area (Å²) in [6.07, 6.45) is 7.65. The van der Waals surface area contributed by atoms with E-state index in [2.05, 4.69) is 27.7 Å². The van der Waals surface area contributed by atoms with Gasteiger partial charge in [0.25, 0.3) is 0 Å². The first-order chi connectivity index (χ1) is 7.09. The fourth-order valence-electron chi connectivity index (χ4n) is 4.45. The minimum Gasteiger partial charge on any atom is -0.0776 e. The molecule has 2 saturated carbocycles. The molecule has 0 aromatic carbocycles. The molecule has 21 heavy (non-hydrogen) atoms. The fraction of sp³-hybridized carbons (Fsp3) is 1.00. The van der Waals surface area contributed by atoms with E-state index in [0.29, 0.717) is 0 Å². The second-order valence-electron chi connectivity index (χ2n) is 6.79. The molecule has 2 fully saturated rings. The Morgan fingerprint density at radius 2 is 1.29 bits per heavy atom. The van der Waals surface area contributed by atoms with Crippen molar-refractivity contribution in [2.24, 2.45) is 35.5 Å². The molecule has 2 rings (SSSR count). The summed E-state index contributed by atoms with van der Waals surface area (Å²) in [5.74, 6) is 6.20. The molecule has 0 heterocycles. The van der Waals surface area contributed by atoms with Gasteiger partial charge in [-0.1, -0.05) is 71.2 Å². The average Bonchev–Trinajstić information content (AvgIpc) is 2.72. The molecule has 1 radical (unpaired) electrons. The van der Waals surface area contributed by atoms with Gasteiger partial charge in [0.05, 0.1) is 0 Å². The van der Waals surface area contributed by atoms with Gasteiger partial charge in [-0.3, -0.25) is 0 Å². The van der Waals surface area contributed by atoms with Crippen LogP contribution < -0.4 is 0 Å². The first kappa shape index (κ1) is 33.7. The van der Waals surface area contributed by atoms with Crippen molar-refractivity contribution in [1.29, 1.82) is 0 Å². The van der Waals surface area contributed by atoms with Crippen molar-refractivity contribution in [3.05, 3.63) is 0 Å². The van der Waals surface area contributed by atoms with Crippen LogP contribution in [-0.2, 0) is 32.7 Å². The van der Waals surface area contributed by atoms with E-state index >= 15 is 0 Å². The first-order valence-electron chi connectivity index (χ1n) is 7.09. The van der Waals surface area contributed by atoms with Gasteiger partial charge in [-0.2, -0.15) is 0 Å². The SMILES string of the molecule is C.C.C.C.C.CC(C)CCC1C2CCC(C2)C1C(C)C.[Y]. The minimum absolute atomic E-state index is 0. The molecule has 2 bridgehead atoms. The maximum Gasteiger partial charge on any atom is 0 e. The monoisotopic (exact) mass is 377 g/mol. The number of hydrogen-bond acceptors (Lipinski definition) is 0. The molecule has 0 aliphatic heterocycles. The largest absolute Gasteiger partial charge is 0.0776 e. The molecule has 0 saturated heterocycles. The summed E-state index contributed by atoms with van der Waals surface area (Å²) < 4.78 is 0. The second-order valence-corrected chi connectivity index (χ2v) is 6.79. The van der Waals surface area contributed by atoms with E-state index in [4.69, 9.17) is 0 Å². The van der Waals surface area contributed by atoms with Crippen molar-refractivity contribution in [2.75, 3.05) is 0 Å². The molecule has 2 aliphatic carbocycles. The van der Waals surface area contributed by atoms with E-state index in [1.54, 1.807) is 19.3 Å². The maximum absolute atomic E-state index is 2.45. The maximum atomic E-state index is 2.45. The van der Waals surface area contributed by atoms with Gasteiger partial charge in [0.2, 0.25) is 0 Å². The zero-order valence-corrected chi connectivity index (χ0v) is 14.4. The summed E-state index contributed by atoms with van der Waals surface area (Å²) in [7, 11) is 0. The summed E-state index contributed by atoms with van der Waals surface area (Å²) in [6.45, 7) is 9.65. The summed E-state index contributed by atoms with van der Waals surface area (Å²) in [5, 5.41) is 0. The molecular weight excluding hydrogens is 329 g/mol. The molecule has 131 valence electrons. The topological polar surface area (TPSA) is 0 Å². The molecular formula is C20H48Y. The Bertz CT molecular complexity index is 210. The van der Waals surface area contributed by atoms with Crippen LogP contribution in [0.25, 0.3) is 0 Å². The van der Waals surface area contributed by atoms with Crippen LogP contribution in [0.15, 0.2) is 0 Å². The van der Waals surface area contributed by atoms with Gasteiger partial charge in [0, 0.05) is 32.7 Å². The zero-order chi connectivity index (χ0) is 11.0. The average molecular weight is 378 g/mol. The van der Waals surface area contributed by atoms with Crippen molar-refractivity contribution < 1.29 is 32.7 Å². The van der Waals surface area contributed by atoms with Gasteiger partial charge in [0.1, 0.15) is 0 Å². The molecule has 0 aromatic heterocycles. The predicted molar refractivity (Wildman–Crippen MR) is 100 cm³/mol. The first-order valence-corrected chi connectivity index (χ1v) is 7.09. The molecule has 0 spiro atoms. The molecule has 0 N–H and O–H groups in total. The normalized spacial score (nSPS) is 28.3. The van der Waals surface area contributed by atoms with Crippen LogP contribution in [0.2, 0.25) is 0 Å². The zero-order valence-electron chi connectivity index (χ0n) is 11.6. The van der Waals surface area contributed by atoms with Crippen molar-refractivity contribution in [2.45, 2.75) is 96.9 Å². The van der Waals surface area contributed by atoms with Crippen LogP contribution in [0.1, 0.15) is 96.9 Å². The standard InChI is InChI=1S/C15H28.5CH4.Y/c1-10(2)5-8-14-12-6-7-13(9-12)15(14)11(3)4;;;;;;/h10-15H,5-9H2,1-4H3;5*1H4;. The smallest absolute Gasteiger partial charge is 0 e. The van der Waals surface area contributed by atoms with Gasteiger partial charge in [0.15, 0.2) is 0 Å². The van der Waals surface area contributed by atoms with Gasteiger partial charge in [-0.15, -0.1) is 0 Å². The molecule has 1 heteroatoms. The van der Waals surface area contributed by atoms with Gasteiger partial charge >= 0.3 is 0 Å². The predicted octanol–water partition coefficient (Wildman–Crippen LogP) is 7.92. The van der Waals surface area contributed by atoms with Gasteiger partial charge in [-0.05, 0) is 61.2 Å². The van der Waals surface area contributed by atoms with Crippen molar-refractivity contribution in [3.63, 3.8) is 0 Å². The minimum atomic E-state index is 0. The Labute approximate surface area is 164 Å². The molecule has 4 atom stereocenters. The van der Waals surface area contributed by atoms with Crippen LogP contribution in [0.4, 0.5) is 0 Å². The van der Waals surface area contributed by atoms with Crippen molar-refractivity contribution in [1.82, 2.24) is 0 Å². The van der Waals surface area contributed by atoms with Crippen molar-refractivity contribution >= 4 is 0 Å². The molecule has 0 amide bonds. The van der Waals surface area contributed by atoms with Crippen LogP contribution in [0.3, 0.4) is 0 Å². The molecule has 0 nitrogen and oxygen atoms in total. The fourth-order valence-corrected chi connectivity index (χ4v) is 4.45. The van der Waals surface area contributed by atoms with Crippen LogP contribution in [0.5, 0.6) is 0 Å². The number of fused-ring (bicyclic) bond motifs is 2. The summed E-state index contributed by atoms with van der Waals surface area (Å²) >= 11 is 0. The number of rotatable bonds is 4. The Morgan fingerprint density at radius 1 is 0.810 bits per heavy atom. The Balaban J connectivity index is -0.000000142. The van der Waals surface area contributed by atoms with Crippen LogP contribution in [-0.4, -0.2) is 0 Å². The number of hydrogen-bond donors (Lipinski definition) is 0. The second kappa shape index (κ2) is 14.7. The van der Waals surface area contributed by atoms with E-state index in [0.717, 1.165) is 35.5 Å². The summed E-state index contributed by atoms with van der Waals surface area (Å²) in [6, 6.07) is 0. The Morgan fingerprint density at radius 3 is 1.71 bits per heavy atom. The van der Waals surface area contributed by atoms with Crippen LogP contribution in [0, 0.1) is 35.5 Å². The van der Waals surface area contributed by atoms with E-state index in [-0.39, 0.29) is 69.8 Å². The van der Waals surface area contributed by atoms with E-state index < -0.39 is 0 Å². The summed E-state index contributed by atoms with van der Waals surface area (Å²) in [4.78, 5) is 0. The molecule has 0 aromatic rings. The van der Waals surface area contributed by atoms with Gasteiger partial charge < -0.3 is 0 Å². The van der Waals surface area contributed by atoms with E-state index in [9.17, 15) is 0 Å². The Hall–Kier alpha value is 1.10.